The molecule has 0 spiro atoms. The van der Waals surface area contributed by atoms with Crippen molar-refractivity contribution in [2.75, 3.05) is 11.6 Å². The summed E-state index contributed by atoms with van der Waals surface area (Å²) < 4.78 is 32.0. The molecule has 0 aliphatic heterocycles. The molecule has 0 saturated heterocycles. The maximum atomic E-state index is 13.1. The smallest absolute Gasteiger partial charge is 0.259 e. The molecule has 5 aromatic rings. The summed E-state index contributed by atoms with van der Waals surface area (Å²) in [5.41, 5.74) is 3.31. The van der Waals surface area contributed by atoms with Gasteiger partial charge in [-0.2, -0.15) is 0 Å². The first-order valence-electron chi connectivity index (χ1n) is 12.9. The van der Waals surface area contributed by atoms with Crippen molar-refractivity contribution in [3.8, 4) is 22.8 Å². The molecule has 0 radical (unpaired) electrons. The van der Waals surface area contributed by atoms with Crippen LogP contribution in [0.15, 0.2) is 102 Å². The molecule has 0 bridgehead atoms. The van der Waals surface area contributed by atoms with Crippen LogP contribution in [0, 0.1) is 0 Å². The molecule has 0 fully saturated rings. The van der Waals surface area contributed by atoms with Crippen molar-refractivity contribution in [1.29, 1.82) is 0 Å². The van der Waals surface area contributed by atoms with Crippen LogP contribution in [0.1, 0.15) is 38.1 Å². The van der Waals surface area contributed by atoms with Crippen LogP contribution in [0.4, 0.5) is 5.69 Å². The lowest BCUT2D eigenvalue weighted by molar-refractivity contribution is 0.102. The predicted octanol–water partition coefficient (Wildman–Crippen LogP) is 8.16. The fourth-order valence-electron chi connectivity index (χ4n) is 3.63. The van der Waals surface area contributed by atoms with Gasteiger partial charge in [0, 0.05) is 41.0 Å². The second-order valence-corrected chi connectivity index (χ2v) is 10.6. The lowest BCUT2D eigenvalue weighted by Crippen LogP contribution is -2.13. The molecule has 0 atom stereocenters. The molecule has 3 aromatic carbocycles. The van der Waals surface area contributed by atoms with Crippen LogP contribution in [0.5, 0.6) is 11.5 Å². The zero-order chi connectivity index (χ0) is 29.3. The van der Waals surface area contributed by atoms with E-state index in [1.807, 2.05) is 74.8 Å². The number of carbonyl (C=O) groups excluding carboxylic acids is 1. The molecule has 0 aliphatic rings. The first-order chi connectivity index (χ1) is 19.3. The highest BCUT2D eigenvalue weighted by Crippen LogP contribution is 2.30. The lowest BCUT2D eigenvalue weighted by Gasteiger charge is -2.13. The molecule has 0 unspecified atom stereocenters. The van der Waals surface area contributed by atoms with Gasteiger partial charge in [0.15, 0.2) is 9.84 Å². The number of anilines is 1. The first-order valence-corrected chi connectivity index (χ1v) is 15.2. The number of pyridine rings is 1. The summed E-state index contributed by atoms with van der Waals surface area (Å²) in [6.45, 7) is 8.00. The molecular weight excluding hydrogens is 546 g/mol. The van der Waals surface area contributed by atoms with E-state index in [4.69, 9.17) is 16.3 Å². The Morgan fingerprint density at radius 1 is 0.900 bits per heavy atom. The van der Waals surface area contributed by atoms with Gasteiger partial charge in [0.1, 0.15) is 17.1 Å². The molecule has 2 heterocycles. The lowest BCUT2D eigenvalue weighted by atomic mass is 10.1. The largest absolute Gasteiger partial charge is 0.456 e. The van der Waals surface area contributed by atoms with E-state index >= 15 is 0 Å². The number of imidazole rings is 1. The van der Waals surface area contributed by atoms with Crippen LogP contribution in [-0.2, 0) is 9.84 Å². The number of halogens is 1. The number of ether oxygens (including phenoxy) is 1. The molecule has 9 heteroatoms. The van der Waals surface area contributed by atoms with E-state index in [2.05, 4.69) is 10.3 Å². The highest BCUT2D eigenvalue weighted by Gasteiger charge is 2.18. The van der Waals surface area contributed by atoms with E-state index in [0.29, 0.717) is 16.5 Å². The fraction of sp³-hybridized carbons (Fsp3) is 0.161. The van der Waals surface area contributed by atoms with Gasteiger partial charge < -0.3 is 14.5 Å². The Morgan fingerprint density at radius 2 is 1.57 bits per heavy atom. The maximum absolute atomic E-state index is 13.1. The predicted molar refractivity (Wildman–Crippen MR) is 162 cm³/mol. The van der Waals surface area contributed by atoms with Gasteiger partial charge in [-0.3, -0.25) is 4.79 Å². The minimum absolute atomic E-state index is 0.0415. The van der Waals surface area contributed by atoms with E-state index in [9.17, 15) is 13.2 Å². The third kappa shape index (κ3) is 7.49. The Labute approximate surface area is 240 Å². The average molecular weight is 578 g/mol. The fourth-order valence-corrected chi connectivity index (χ4v) is 4.39. The van der Waals surface area contributed by atoms with Gasteiger partial charge in [0.2, 0.25) is 0 Å². The molecule has 2 aromatic heterocycles. The Morgan fingerprint density at radius 3 is 2.20 bits per heavy atom. The van der Waals surface area contributed by atoms with E-state index in [0.717, 1.165) is 23.2 Å². The zero-order valence-corrected chi connectivity index (χ0v) is 24.6. The topological polar surface area (TPSA) is 89.8 Å². The van der Waals surface area contributed by atoms with Gasteiger partial charge in [-0.15, -0.1) is 0 Å². The van der Waals surface area contributed by atoms with Crippen LogP contribution in [0.25, 0.3) is 16.9 Å². The van der Waals surface area contributed by atoms with E-state index in [-0.39, 0.29) is 16.2 Å². The molecule has 1 N–H and O–H groups in total. The van der Waals surface area contributed by atoms with Crippen LogP contribution >= 0.6 is 11.6 Å². The summed E-state index contributed by atoms with van der Waals surface area (Å²) >= 11 is 5.94. The number of aromatic nitrogens is 2. The van der Waals surface area contributed by atoms with Crippen LogP contribution < -0.4 is 10.1 Å². The Balaban J connectivity index is 0.00000106. The Hall–Kier alpha value is -4.14. The molecule has 208 valence electrons. The normalized spacial score (nSPS) is 10.6. The summed E-state index contributed by atoms with van der Waals surface area (Å²) in [6.07, 6.45) is 4.96. The van der Waals surface area contributed by atoms with Crippen molar-refractivity contribution in [1.82, 2.24) is 9.38 Å². The van der Waals surface area contributed by atoms with Crippen LogP contribution in [0.3, 0.4) is 0 Å². The SMILES string of the molecule is CC.CC.CS(=O)(=O)c1ccc(C(=O)Nc2ccc(-c3cn4ccccc4n3)cc2)c(Oc2ccc(Cl)cc2)c1. The number of amides is 1. The van der Waals surface area contributed by atoms with Crippen molar-refractivity contribution in [2.45, 2.75) is 32.6 Å². The van der Waals surface area contributed by atoms with Crippen molar-refractivity contribution >= 4 is 38.7 Å². The monoisotopic (exact) mass is 577 g/mol. The van der Waals surface area contributed by atoms with E-state index < -0.39 is 15.7 Å². The minimum atomic E-state index is -3.51. The Kier molecular flexibility index (Phi) is 10.5. The first kappa shape index (κ1) is 30.4. The number of sulfone groups is 1. The van der Waals surface area contributed by atoms with E-state index in [1.165, 1.54) is 18.2 Å². The van der Waals surface area contributed by atoms with E-state index in [1.54, 1.807) is 36.4 Å². The second-order valence-electron chi connectivity index (χ2n) is 8.11. The number of nitrogens with one attached hydrogen (secondary N) is 1. The minimum Gasteiger partial charge on any atom is -0.456 e. The standard InChI is InChI=1S/C27H20ClN3O4S.2C2H6/c1-36(33,34)22-13-14-23(25(16-22)35-21-11-7-19(28)8-12-21)27(32)29-20-9-5-18(6-10-20)24-17-31-15-3-2-4-26(31)30-24;2*1-2/h2-17H,1H3,(H,29,32);2*1-2H3. The number of fused-ring (bicyclic) bond motifs is 1. The number of carbonyl (C=O) groups is 1. The van der Waals surface area contributed by atoms with Gasteiger partial charge in [0.25, 0.3) is 5.91 Å². The van der Waals surface area contributed by atoms with Gasteiger partial charge in [0.05, 0.1) is 16.2 Å². The number of hydrogen-bond donors (Lipinski definition) is 1. The Bertz CT molecular complexity index is 1650. The van der Waals surface area contributed by atoms with Gasteiger partial charge in [-0.25, -0.2) is 13.4 Å². The highest BCUT2D eigenvalue weighted by molar-refractivity contribution is 7.90. The number of nitrogens with zero attached hydrogens (tertiary/aromatic N) is 2. The molecule has 1 amide bonds. The molecular formula is C31H32ClN3O4S. The van der Waals surface area contributed by atoms with Gasteiger partial charge >= 0.3 is 0 Å². The molecule has 40 heavy (non-hydrogen) atoms. The highest BCUT2D eigenvalue weighted by atomic mass is 35.5. The third-order valence-corrected chi connectivity index (χ3v) is 6.83. The summed E-state index contributed by atoms with van der Waals surface area (Å²) in [6, 6.07) is 23.8. The summed E-state index contributed by atoms with van der Waals surface area (Å²) in [5.74, 6) is 0.0782. The second kappa shape index (κ2) is 13.8. The number of hydrogen-bond acceptors (Lipinski definition) is 5. The molecule has 5 rings (SSSR count). The molecule has 7 nitrogen and oxygen atoms in total. The quantitative estimate of drug-likeness (QED) is 0.220. The summed E-state index contributed by atoms with van der Waals surface area (Å²) in [5, 5.41) is 3.37. The van der Waals surface area contributed by atoms with Crippen molar-refractivity contribution in [3.05, 3.63) is 108 Å². The van der Waals surface area contributed by atoms with Crippen LogP contribution in [-0.4, -0.2) is 30.0 Å². The summed E-state index contributed by atoms with van der Waals surface area (Å²) in [4.78, 5) is 17.8. The van der Waals surface area contributed by atoms with Gasteiger partial charge in [-0.1, -0.05) is 57.5 Å². The van der Waals surface area contributed by atoms with Crippen molar-refractivity contribution in [3.63, 3.8) is 0 Å². The van der Waals surface area contributed by atoms with Crippen LogP contribution in [0.2, 0.25) is 5.02 Å². The maximum Gasteiger partial charge on any atom is 0.259 e. The third-order valence-electron chi connectivity index (χ3n) is 5.47. The number of benzene rings is 3. The average Bonchev–Trinajstić information content (AvgIpc) is 3.41. The zero-order valence-electron chi connectivity index (χ0n) is 23.1. The molecule has 0 saturated carbocycles. The van der Waals surface area contributed by atoms with Gasteiger partial charge in [-0.05, 0) is 60.7 Å². The molecule has 0 aliphatic carbocycles. The summed E-state index contributed by atoms with van der Waals surface area (Å²) in [7, 11) is -3.51. The number of rotatable bonds is 6. The van der Waals surface area contributed by atoms with Crippen molar-refractivity contribution < 1.29 is 17.9 Å². The van der Waals surface area contributed by atoms with Crippen molar-refractivity contribution in [2.24, 2.45) is 0 Å².